The van der Waals surface area contributed by atoms with Crippen LogP contribution in [0.1, 0.15) is 15.9 Å². The van der Waals surface area contributed by atoms with E-state index in [1.54, 1.807) is 18.2 Å². The second-order valence-electron chi connectivity index (χ2n) is 4.11. The maximum Gasteiger partial charge on any atom is 0.255 e. The molecule has 0 aromatic heterocycles. The van der Waals surface area contributed by atoms with Crippen LogP contribution in [0.25, 0.3) is 0 Å². The Morgan fingerprint density at radius 1 is 1.33 bits per heavy atom. The molecule has 0 atom stereocenters. The molecule has 2 aromatic carbocycles. The maximum absolute atomic E-state index is 13.6. The number of halogens is 2. The molecule has 2 aromatic rings. The van der Waals surface area contributed by atoms with Gasteiger partial charge in [0.25, 0.3) is 5.91 Å². The van der Waals surface area contributed by atoms with Crippen molar-refractivity contribution >= 4 is 27.5 Å². The second kappa shape index (κ2) is 6.37. The molecule has 0 aliphatic rings. The van der Waals surface area contributed by atoms with Crippen LogP contribution in [0.4, 0.5) is 10.1 Å². The third kappa shape index (κ3) is 3.38. The van der Waals surface area contributed by atoms with Crippen LogP contribution in [0.5, 0.6) is 5.75 Å². The van der Waals surface area contributed by atoms with Crippen LogP contribution in [0.3, 0.4) is 0 Å². The highest BCUT2D eigenvalue weighted by molar-refractivity contribution is 9.10. The zero-order valence-corrected chi connectivity index (χ0v) is 12.6. The molecule has 0 spiro atoms. The molecule has 0 saturated heterocycles. The van der Waals surface area contributed by atoms with Gasteiger partial charge in [-0.05, 0) is 36.4 Å². The van der Waals surface area contributed by atoms with E-state index in [1.807, 2.05) is 6.07 Å². The van der Waals surface area contributed by atoms with E-state index in [1.165, 1.54) is 19.2 Å². The molecule has 2 rings (SSSR count). The number of carbonyl (C=O) groups is 1. The van der Waals surface area contributed by atoms with E-state index in [0.29, 0.717) is 11.3 Å². The van der Waals surface area contributed by atoms with Crippen molar-refractivity contribution in [1.29, 1.82) is 5.26 Å². The van der Waals surface area contributed by atoms with Crippen molar-refractivity contribution in [2.24, 2.45) is 0 Å². The van der Waals surface area contributed by atoms with E-state index < -0.39 is 11.7 Å². The number of nitrogens with zero attached hydrogens (tertiary/aromatic N) is 1. The normalized spacial score (nSPS) is 9.81. The van der Waals surface area contributed by atoms with Gasteiger partial charge >= 0.3 is 0 Å². The summed E-state index contributed by atoms with van der Waals surface area (Å²) in [5.74, 6) is -1.07. The van der Waals surface area contributed by atoms with Crippen molar-refractivity contribution in [3.8, 4) is 11.8 Å². The van der Waals surface area contributed by atoms with Crippen molar-refractivity contribution in [1.82, 2.24) is 0 Å². The molecule has 6 heteroatoms. The number of benzene rings is 2. The summed E-state index contributed by atoms with van der Waals surface area (Å²) in [5.41, 5.74) is 0.814. The number of rotatable bonds is 3. The predicted molar refractivity (Wildman–Crippen MR) is 79.8 cm³/mol. The topological polar surface area (TPSA) is 62.1 Å². The Morgan fingerprint density at radius 3 is 2.71 bits per heavy atom. The molecular weight excluding hydrogens is 339 g/mol. The lowest BCUT2D eigenvalue weighted by molar-refractivity contribution is 0.102. The Bertz CT molecular complexity index is 741. The summed E-state index contributed by atoms with van der Waals surface area (Å²) in [4.78, 5) is 12.1. The highest BCUT2D eigenvalue weighted by Crippen LogP contribution is 2.22. The van der Waals surface area contributed by atoms with Gasteiger partial charge in [0.05, 0.1) is 18.4 Å². The molecule has 0 fully saturated rings. The number of nitrogens with one attached hydrogen (secondary N) is 1. The Kier molecular flexibility index (Phi) is 4.55. The lowest BCUT2D eigenvalue weighted by Gasteiger charge is -2.08. The van der Waals surface area contributed by atoms with Crippen LogP contribution in [0, 0.1) is 17.1 Å². The third-order valence-corrected chi connectivity index (χ3v) is 3.26. The number of carbonyl (C=O) groups excluding carboxylic acids is 1. The van der Waals surface area contributed by atoms with Crippen LogP contribution < -0.4 is 10.1 Å². The van der Waals surface area contributed by atoms with Crippen LogP contribution in [0.15, 0.2) is 40.9 Å². The van der Waals surface area contributed by atoms with Crippen LogP contribution in [0.2, 0.25) is 0 Å². The molecular formula is C15H10BrFN2O2. The Balaban J connectivity index is 2.26. The Labute approximate surface area is 129 Å². The summed E-state index contributed by atoms with van der Waals surface area (Å²) in [6.07, 6.45) is 0. The third-order valence-electron chi connectivity index (χ3n) is 2.76. The lowest BCUT2D eigenvalue weighted by Crippen LogP contribution is -2.13. The zero-order valence-electron chi connectivity index (χ0n) is 11.0. The van der Waals surface area contributed by atoms with Gasteiger partial charge in [0.15, 0.2) is 11.6 Å². The lowest BCUT2D eigenvalue weighted by atomic mass is 10.1. The van der Waals surface area contributed by atoms with Gasteiger partial charge in [0.1, 0.15) is 6.07 Å². The molecule has 106 valence electrons. The Hall–Kier alpha value is -2.39. The first-order chi connectivity index (χ1) is 10.0. The summed E-state index contributed by atoms with van der Waals surface area (Å²) in [7, 11) is 1.35. The summed E-state index contributed by atoms with van der Waals surface area (Å²) in [5, 5.41) is 11.6. The molecule has 21 heavy (non-hydrogen) atoms. The van der Waals surface area contributed by atoms with E-state index in [0.717, 1.165) is 10.5 Å². The molecule has 0 aliphatic heterocycles. The van der Waals surface area contributed by atoms with Gasteiger partial charge in [0.2, 0.25) is 0 Å². The minimum Gasteiger partial charge on any atom is -0.494 e. The first-order valence-electron chi connectivity index (χ1n) is 5.89. The van der Waals surface area contributed by atoms with Crippen molar-refractivity contribution in [2.45, 2.75) is 0 Å². The van der Waals surface area contributed by atoms with Crippen molar-refractivity contribution in [2.75, 3.05) is 12.4 Å². The highest BCUT2D eigenvalue weighted by Gasteiger charge is 2.12. The summed E-state index contributed by atoms with van der Waals surface area (Å²) >= 11 is 3.25. The molecule has 0 unspecified atom stereocenters. The molecule has 1 N–H and O–H groups in total. The number of hydrogen-bond acceptors (Lipinski definition) is 3. The predicted octanol–water partition coefficient (Wildman–Crippen LogP) is 3.72. The molecule has 0 heterocycles. The number of methoxy groups -OCH3 is 1. The average molecular weight is 349 g/mol. The zero-order chi connectivity index (χ0) is 15.4. The maximum atomic E-state index is 13.6. The number of ether oxygens (including phenoxy) is 1. The van der Waals surface area contributed by atoms with Gasteiger partial charge < -0.3 is 10.1 Å². The van der Waals surface area contributed by atoms with E-state index in [9.17, 15) is 9.18 Å². The van der Waals surface area contributed by atoms with E-state index >= 15 is 0 Å². The quantitative estimate of drug-likeness (QED) is 0.919. The summed E-state index contributed by atoms with van der Waals surface area (Å²) < 4.78 is 19.1. The monoisotopic (exact) mass is 348 g/mol. The van der Waals surface area contributed by atoms with Crippen molar-refractivity contribution in [3.63, 3.8) is 0 Å². The fourth-order valence-electron chi connectivity index (χ4n) is 1.72. The molecule has 0 saturated carbocycles. The first kappa shape index (κ1) is 15.0. The SMILES string of the molecule is COc1ccc(C(=O)Nc2ccc(Br)cc2C#N)cc1F. The molecule has 4 nitrogen and oxygen atoms in total. The van der Waals surface area contributed by atoms with Crippen LogP contribution in [-0.4, -0.2) is 13.0 Å². The van der Waals surface area contributed by atoms with Gasteiger partial charge in [-0.1, -0.05) is 15.9 Å². The van der Waals surface area contributed by atoms with Crippen molar-refractivity contribution < 1.29 is 13.9 Å². The first-order valence-corrected chi connectivity index (χ1v) is 6.69. The largest absolute Gasteiger partial charge is 0.494 e. The van der Waals surface area contributed by atoms with Gasteiger partial charge in [0, 0.05) is 10.0 Å². The van der Waals surface area contributed by atoms with Gasteiger partial charge in [-0.15, -0.1) is 0 Å². The van der Waals surface area contributed by atoms with Crippen LogP contribution >= 0.6 is 15.9 Å². The van der Waals surface area contributed by atoms with E-state index in [-0.39, 0.29) is 11.3 Å². The minimum absolute atomic E-state index is 0.0629. The fraction of sp³-hybridized carbons (Fsp3) is 0.0667. The molecule has 0 aliphatic carbocycles. The molecule has 0 bridgehead atoms. The van der Waals surface area contributed by atoms with E-state index in [2.05, 4.69) is 21.2 Å². The fourth-order valence-corrected chi connectivity index (χ4v) is 2.08. The number of anilines is 1. The standard InChI is InChI=1S/C15H10BrFN2O2/c1-21-14-5-2-9(7-12(14)17)15(20)19-13-4-3-11(16)6-10(13)8-18/h2-7H,1H3,(H,19,20). The van der Waals surface area contributed by atoms with Gasteiger partial charge in [-0.2, -0.15) is 5.26 Å². The van der Waals surface area contributed by atoms with Crippen LogP contribution in [-0.2, 0) is 0 Å². The highest BCUT2D eigenvalue weighted by atomic mass is 79.9. The molecule has 1 amide bonds. The number of amides is 1. The number of hydrogen-bond donors (Lipinski definition) is 1. The van der Waals surface area contributed by atoms with E-state index in [4.69, 9.17) is 10.00 Å². The smallest absolute Gasteiger partial charge is 0.255 e. The van der Waals surface area contributed by atoms with Gasteiger partial charge in [-0.3, -0.25) is 4.79 Å². The Morgan fingerprint density at radius 2 is 2.10 bits per heavy atom. The molecule has 0 radical (unpaired) electrons. The van der Waals surface area contributed by atoms with Crippen molar-refractivity contribution in [3.05, 3.63) is 57.8 Å². The second-order valence-corrected chi connectivity index (χ2v) is 5.02. The average Bonchev–Trinajstić information content (AvgIpc) is 2.48. The summed E-state index contributed by atoms with van der Waals surface area (Å²) in [6.45, 7) is 0. The summed E-state index contributed by atoms with van der Waals surface area (Å²) in [6, 6.07) is 10.8. The minimum atomic E-state index is -0.624. The number of nitriles is 1. The van der Waals surface area contributed by atoms with Gasteiger partial charge in [-0.25, -0.2) is 4.39 Å².